The molecule has 0 amide bonds. The minimum absolute atomic E-state index is 1.25. The van der Waals surface area contributed by atoms with Gasteiger partial charge in [0.05, 0.1) is 0 Å². The summed E-state index contributed by atoms with van der Waals surface area (Å²) in [5.41, 5.74) is 9.64. The third-order valence-corrected chi connectivity index (χ3v) is 7.78. The van der Waals surface area contributed by atoms with E-state index in [0.29, 0.717) is 0 Å². The number of fused-ring (bicyclic) bond motifs is 5. The van der Waals surface area contributed by atoms with Gasteiger partial charge in [0.2, 0.25) is 0 Å². The van der Waals surface area contributed by atoms with Crippen molar-refractivity contribution in [1.82, 2.24) is 0 Å². The summed E-state index contributed by atoms with van der Waals surface area (Å²) in [4.78, 5) is 3.16. The number of hydrogen-bond acceptors (Lipinski definition) is 2. The molecule has 138 valence electrons. The lowest BCUT2D eigenvalue weighted by Crippen LogP contribution is -1.85. The molecule has 0 saturated heterocycles. The largest absolute Gasteiger partial charge is 0.143 e. The maximum Gasteiger partial charge on any atom is 0.0387 e. The second-order valence-corrected chi connectivity index (χ2v) is 9.49. The molecule has 0 radical (unpaired) electrons. The van der Waals surface area contributed by atoms with Gasteiger partial charge in [-0.1, -0.05) is 52.4 Å². The fourth-order valence-electron chi connectivity index (χ4n) is 4.54. The molecule has 0 N–H and O–H groups in total. The zero-order valence-electron chi connectivity index (χ0n) is 16.2. The van der Waals surface area contributed by atoms with Crippen LogP contribution in [-0.4, -0.2) is 0 Å². The zero-order chi connectivity index (χ0) is 17.9. The highest BCUT2D eigenvalue weighted by atomic mass is 32.1. The van der Waals surface area contributed by atoms with E-state index in [1.807, 2.05) is 22.7 Å². The minimum atomic E-state index is 1.25. The molecule has 0 aromatic carbocycles. The summed E-state index contributed by atoms with van der Waals surface area (Å²) in [6.45, 7) is 4.60. The van der Waals surface area contributed by atoms with Gasteiger partial charge < -0.3 is 0 Å². The third-order valence-electron chi connectivity index (χ3n) is 5.83. The number of allylic oxidation sites excluding steroid dienone is 4. The molecule has 0 aliphatic heterocycles. The van der Waals surface area contributed by atoms with Crippen molar-refractivity contribution < 1.29 is 0 Å². The first-order valence-corrected chi connectivity index (χ1v) is 12.3. The molecule has 2 aromatic heterocycles. The monoisotopic (exact) mass is 382 g/mol. The highest BCUT2D eigenvalue weighted by Crippen LogP contribution is 2.59. The smallest absolute Gasteiger partial charge is 0.0387 e. The van der Waals surface area contributed by atoms with Crippen molar-refractivity contribution in [2.75, 3.05) is 0 Å². The van der Waals surface area contributed by atoms with E-state index in [4.69, 9.17) is 0 Å². The first kappa shape index (κ1) is 18.3. The Kier molecular flexibility index (Phi) is 5.81. The molecule has 2 aromatic rings. The highest BCUT2D eigenvalue weighted by molar-refractivity contribution is 7.13. The molecule has 0 spiro atoms. The summed E-state index contributed by atoms with van der Waals surface area (Å²) in [6, 6.07) is 4.77. The lowest BCUT2D eigenvalue weighted by atomic mass is 9.98. The van der Waals surface area contributed by atoms with Gasteiger partial charge in [0.15, 0.2) is 0 Å². The van der Waals surface area contributed by atoms with Crippen LogP contribution in [0.15, 0.2) is 22.9 Å². The molecule has 2 heteroatoms. The van der Waals surface area contributed by atoms with E-state index in [2.05, 4.69) is 36.7 Å². The Morgan fingerprint density at radius 1 is 0.615 bits per heavy atom. The Morgan fingerprint density at radius 3 is 1.50 bits per heavy atom. The maximum absolute atomic E-state index is 2.39. The zero-order valence-corrected chi connectivity index (χ0v) is 17.8. The van der Waals surface area contributed by atoms with Crippen molar-refractivity contribution in [3.63, 3.8) is 0 Å². The van der Waals surface area contributed by atoms with E-state index < -0.39 is 0 Å². The van der Waals surface area contributed by atoms with Crippen LogP contribution in [0.1, 0.15) is 98.9 Å². The SMILES string of the molecule is CCCCCCC1=C2C(=C(CCCCCC)c3sccc32)c2ccsc21. The van der Waals surface area contributed by atoms with Gasteiger partial charge in [-0.2, -0.15) is 0 Å². The molecule has 0 fully saturated rings. The predicted molar refractivity (Wildman–Crippen MR) is 120 cm³/mol. The summed E-state index contributed by atoms with van der Waals surface area (Å²) in [7, 11) is 0. The van der Waals surface area contributed by atoms with Gasteiger partial charge in [-0.3, -0.25) is 0 Å². The van der Waals surface area contributed by atoms with E-state index in [-0.39, 0.29) is 0 Å². The average molecular weight is 383 g/mol. The number of unbranched alkanes of at least 4 members (excludes halogenated alkanes) is 6. The van der Waals surface area contributed by atoms with E-state index in [1.165, 1.54) is 64.2 Å². The van der Waals surface area contributed by atoms with Crippen LogP contribution in [-0.2, 0) is 0 Å². The third kappa shape index (κ3) is 3.16. The van der Waals surface area contributed by atoms with Crippen molar-refractivity contribution in [3.8, 4) is 0 Å². The normalized spacial score (nSPS) is 15.0. The molecule has 2 aliphatic carbocycles. The van der Waals surface area contributed by atoms with Gasteiger partial charge in [0.25, 0.3) is 0 Å². The van der Waals surface area contributed by atoms with Crippen LogP contribution in [0.3, 0.4) is 0 Å². The quantitative estimate of drug-likeness (QED) is 0.360. The predicted octanol–water partition coefficient (Wildman–Crippen LogP) is 8.90. The first-order valence-electron chi connectivity index (χ1n) is 10.5. The molecular formula is C24H30S2. The highest BCUT2D eigenvalue weighted by Gasteiger charge is 2.37. The average Bonchev–Trinajstić information content (AvgIpc) is 3.38. The summed E-state index contributed by atoms with van der Waals surface area (Å²) >= 11 is 3.93. The van der Waals surface area contributed by atoms with E-state index in [1.54, 1.807) is 43.2 Å². The molecule has 0 bridgehead atoms. The summed E-state index contributed by atoms with van der Waals surface area (Å²) in [5.74, 6) is 0. The molecule has 0 nitrogen and oxygen atoms in total. The van der Waals surface area contributed by atoms with Crippen LogP contribution in [0.25, 0.3) is 22.3 Å². The van der Waals surface area contributed by atoms with Crippen molar-refractivity contribution in [1.29, 1.82) is 0 Å². The van der Waals surface area contributed by atoms with Crippen molar-refractivity contribution in [2.24, 2.45) is 0 Å². The fraction of sp³-hybridized carbons (Fsp3) is 0.500. The molecule has 0 unspecified atom stereocenters. The van der Waals surface area contributed by atoms with E-state index in [9.17, 15) is 0 Å². The Bertz CT molecular complexity index is 758. The number of hydrogen-bond donors (Lipinski definition) is 0. The Hall–Kier alpha value is -1.12. The Labute approximate surface area is 166 Å². The molecule has 26 heavy (non-hydrogen) atoms. The van der Waals surface area contributed by atoms with Gasteiger partial charge in [0.1, 0.15) is 0 Å². The molecule has 0 saturated carbocycles. The lowest BCUT2D eigenvalue weighted by Gasteiger charge is -2.06. The van der Waals surface area contributed by atoms with Gasteiger partial charge in [-0.05, 0) is 70.9 Å². The molecule has 2 heterocycles. The molecule has 2 aliphatic rings. The Morgan fingerprint density at radius 2 is 1.08 bits per heavy atom. The fourth-order valence-corrected chi connectivity index (χ4v) is 6.50. The first-order chi connectivity index (χ1) is 12.9. The molecule has 4 rings (SSSR count). The number of rotatable bonds is 10. The van der Waals surface area contributed by atoms with Crippen molar-refractivity contribution in [3.05, 3.63) is 43.8 Å². The van der Waals surface area contributed by atoms with Crippen LogP contribution in [0.4, 0.5) is 0 Å². The van der Waals surface area contributed by atoms with Gasteiger partial charge in [-0.15, -0.1) is 22.7 Å². The topological polar surface area (TPSA) is 0 Å². The van der Waals surface area contributed by atoms with Crippen LogP contribution in [0, 0.1) is 0 Å². The van der Waals surface area contributed by atoms with Crippen LogP contribution < -0.4 is 0 Å². The van der Waals surface area contributed by atoms with E-state index >= 15 is 0 Å². The molecular weight excluding hydrogens is 352 g/mol. The van der Waals surface area contributed by atoms with Gasteiger partial charge in [-0.25, -0.2) is 0 Å². The maximum atomic E-state index is 2.39. The summed E-state index contributed by atoms with van der Waals surface area (Å²) in [5, 5.41) is 4.61. The Balaban J connectivity index is 1.68. The minimum Gasteiger partial charge on any atom is -0.143 e. The van der Waals surface area contributed by atoms with Crippen LogP contribution in [0.5, 0.6) is 0 Å². The summed E-state index contributed by atoms with van der Waals surface area (Å²) < 4.78 is 0. The van der Waals surface area contributed by atoms with Crippen molar-refractivity contribution >= 4 is 45.0 Å². The second kappa shape index (κ2) is 8.27. The van der Waals surface area contributed by atoms with Gasteiger partial charge >= 0.3 is 0 Å². The standard InChI is InChI=1S/C24H30S2/c1-3-5-7-9-11-17-21-19-13-16-26-24(19)18(12-10-8-6-4-2)22(21)20-14-15-25-23(17)20/h13-16H,3-12H2,1-2H3. The second-order valence-electron chi connectivity index (χ2n) is 7.66. The lowest BCUT2D eigenvalue weighted by molar-refractivity contribution is 0.679. The van der Waals surface area contributed by atoms with Crippen molar-refractivity contribution in [2.45, 2.75) is 78.1 Å². The van der Waals surface area contributed by atoms with E-state index in [0.717, 1.165) is 0 Å². The van der Waals surface area contributed by atoms with Crippen LogP contribution >= 0.6 is 22.7 Å². The number of thiophene rings is 2. The molecule has 0 atom stereocenters. The summed E-state index contributed by atoms with van der Waals surface area (Å²) in [6.07, 6.45) is 13.3. The van der Waals surface area contributed by atoms with Gasteiger partial charge in [0, 0.05) is 20.9 Å². The van der Waals surface area contributed by atoms with Crippen LogP contribution in [0.2, 0.25) is 0 Å².